The summed E-state index contributed by atoms with van der Waals surface area (Å²) in [5.41, 5.74) is 0.336. The van der Waals surface area contributed by atoms with E-state index < -0.39 is 23.0 Å². The first kappa shape index (κ1) is 24.1. The van der Waals surface area contributed by atoms with Gasteiger partial charge in [-0.1, -0.05) is 30.3 Å². The van der Waals surface area contributed by atoms with Gasteiger partial charge in [0.25, 0.3) is 0 Å². The number of halogens is 1. The van der Waals surface area contributed by atoms with Gasteiger partial charge >= 0.3 is 0 Å². The van der Waals surface area contributed by atoms with Gasteiger partial charge in [-0.25, -0.2) is 9.37 Å². The first-order chi connectivity index (χ1) is 17.4. The van der Waals surface area contributed by atoms with E-state index in [4.69, 9.17) is 9.72 Å². The molecule has 3 amide bonds. The zero-order valence-corrected chi connectivity index (χ0v) is 20.2. The number of ether oxygens (including phenoxy) is 1. The number of imide groups is 1. The third kappa shape index (κ3) is 4.28. The van der Waals surface area contributed by atoms with Crippen molar-refractivity contribution in [3.63, 3.8) is 0 Å². The van der Waals surface area contributed by atoms with Crippen molar-refractivity contribution in [2.24, 2.45) is 0 Å². The van der Waals surface area contributed by atoms with Gasteiger partial charge in [-0.2, -0.15) is 0 Å². The molecule has 1 aromatic heterocycles. The number of likely N-dealkylation sites (tertiary alicyclic amines) is 2. The number of aromatic amines is 1. The van der Waals surface area contributed by atoms with E-state index in [2.05, 4.69) is 4.98 Å². The van der Waals surface area contributed by atoms with E-state index in [0.29, 0.717) is 13.1 Å². The number of H-pyrrole nitrogens is 1. The lowest BCUT2D eigenvalue weighted by Crippen LogP contribution is -2.46. The summed E-state index contributed by atoms with van der Waals surface area (Å²) in [6.45, 7) is 1.22. The molecule has 3 aromatic rings. The number of aromatic nitrogens is 2. The number of carbonyl (C=O) groups is 3. The Kier molecular flexibility index (Phi) is 6.57. The summed E-state index contributed by atoms with van der Waals surface area (Å²) in [5, 5.41) is 0. The van der Waals surface area contributed by atoms with Gasteiger partial charge in [0.2, 0.25) is 17.7 Å². The lowest BCUT2D eigenvalue weighted by molar-refractivity contribution is -0.143. The maximum atomic E-state index is 15.0. The maximum Gasteiger partial charge on any atom is 0.241 e. The molecule has 2 saturated heterocycles. The third-order valence-electron chi connectivity index (χ3n) is 7.34. The molecule has 3 heterocycles. The number of nitrogens with one attached hydrogen (secondary N) is 1. The summed E-state index contributed by atoms with van der Waals surface area (Å²) in [4.78, 5) is 51.0. The number of amides is 3. The number of benzene rings is 2. The zero-order chi connectivity index (χ0) is 25.3. The van der Waals surface area contributed by atoms with Crippen LogP contribution >= 0.6 is 0 Å². The Balaban J connectivity index is 1.41. The van der Waals surface area contributed by atoms with Gasteiger partial charge in [-0.05, 0) is 31.0 Å². The molecule has 36 heavy (non-hydrogen) atoms. The minimum atomic E-state index is -1.57. The highest BCUT2D eigenvalue weighted by molar-refractivity contribution is 6.10. The molecule has 2 atom stereocenters. The third-order valence-corrected chi connectivity index (χ3v) is 7.34. The molecule has 0 unspecified atom stereocenters. The summed E-state index contributed by atoms with van der Waals surface area (Å²) < 4.78 is 20.0. The van der Waals surface area contributed by atoms with Crippen molar-refractivity contribution in [2.45, 2.75) is 37.0 Å². The van der Waals surface area contributed by atoms with Gasteiger partial charge in [0.15, 0.2) is 0 Å². The van der Waals surface area contributed by atoms with Crippen molar-refractivity contribution >= 4 is 28.8 Å². The van der Waals surface area contributed by atoms with Gasteiger partial charge in [-0.3, -0.25) is 19.3 Å². The van der Waals surface area contributed by atoms with Crippen LogP contribution in [0.2, 0.25) is 0 Å². The van der Waals surface area contributed by atoms with E-state index in [0.717, 1.165) is 34.6 Å². The molecule has 5 rings (SSSR count). The van der Waals surface area contributed by atoms with Crippen molar-refractivity contribution in [3.05, 3.63) is 65.7 Å². The lowest BCUT2D eigenvalue weighted by Gasteiger charge is -2.35. The van der Waals surface area contributed by atoms with Crippen LogP contribution in [0.4, 0.5) is 4.39 Å². The Morgan fingerprint density at radius 2 is 1.97 bits per heavy atom. The van der Waals surface area contributed by atoms with Gasteiger partial charge in [0, 0.05) is 44.5 Å². The van der Waals surface area contributed by atoms with Crippen molar-refractivity contribution in [1.29, 1.82) is 0 Å². The highest BCUT2D eigenvalue weighted by Crippen LogP contribution is 2.42. The van der Waals surface area contributed by atoms with Crippen LogP contribution in [0.5, 0.6) is 0 Å². The molecule has 0 aliphatic carbocycles. The van der Waals surface area contributed by atoms with Crippen LogP contribution in [0, 0.1) is 5.82 Å². The number of hydrogen-bond acceptors (Lipinski definition) is 5. The Morgan fingerprint density at radius 1 is 1.19 bits per heavy atom. The van der Waals surface area contributed by atoms with Crippen LogP contribution in [0.1, 0.15) is 43.0 Å². The smallest absolute Gasteiger partial charge is 0.241 e. The average Bonchev–Trinajstić information content (AvgIpc) is 3.42. The molecule has 2 aliphatic rings. The first-order valence-corrected chi connectivity index (χ1v) is 12.2. The average molecular weight is 493 g/mol. The predicted octanol–water partition coefficient (Wildman–Crippen LogP) is 3.14. The molecular formula is C27H29FN4O4. The maximum absolute atomic E-state index is 15.0. The summed E-state index contributed by atoms with van der Waals surface area (Å²) in [5.74, 6) is -0.984. The number of methoxy groups -OCH3 is 1. The van der Waals surface area contributed by atoms with Gasteiger partial charge in [0.1, 0.15) is 11.6 Å². The molecule has 188 valence electrons. The topological polar surface area (TPSA) is 95.6 Å². The summed E-state index contributed by atoms with van der Waals surface area (Å²) in [6.07, 6.45) is 1.15. The fourth-order valence-corrected chi connectivity index (χ4v) is 5.47. The largest absolute Gasteiger partial charge is 0.383 e. The van der Waals surface area contributed by atoms with E-state index in [-0.39, 0.29) is 43.4 Å². The molecule has 9 heteroatoms. The molecule has 2 fully saturated rings. The number of rotatable bonds is 7. The molecule has 1 N–H and O–H groups in total. The second kappa shape index (κ2) is 9.81. The van der Waals surface area contributed by atoms with Crippen LogP contribution in [0.3, 0.4) is 0 Å². The van der Waals surface area contributed by atoms with Crippen LogP contribution in [-0.2, 0) is 24.5 Å². The summed E-state index contributed by atoms with van der Waals surface area (Å²) >= 11 is 0. The summed E-state index contributed by atoms with van der Waals surface area (Å²) in [6, 6.07) is 13.7. The summed E-state index contributed by atoms with van der Waals surface area (Å²) in [7, 11) is 1.48. The molecule has 0 bridgehead atoms. The van der Waals surface area contributed by atoms with E-state index in [1.165, 1.54) is 25.3 Å². The molecule has 8 nitrogen and oxygen atoms in total. The Labute approximate surface area is 208 Å². The van der Waals surface area contributed by atoms with Crippen LogP contribution in [-0.4, -0.2) is 70.8 Å². The van der Waals surface area contributed by atoms with Crippen molar-refractivity contribution in [2.75, 3.05) is 33.4 Å². The van der Waals surface area contributed by atoms with Crippen LogP contribution in [0.25, 0.3) is 11.0 Å². The first-order valence-electron chi connectivity index (χ1n) is 12.2. The van der Waals surface area contributed by atoms with Crippen molar-refractivity contribution < 1.29 is 23.5 Å². The van der Waals surface area contributed by atoms with Gasteiger partial charge in [0.05, 0.1) is 29.6 Å². The number of para-hydroxylation sites is 2. The SMILES string of the molecule is COCCN1C(=O)C[C@@](CC(=O)N2CCC[C@H](c3nc4ccccc4[nH]3)C2)(c2ccccc2F)C1=O. The number of piperidine rings is 1. The van der Waals surface area contributed by atoms with E-state index in [1.54, 1.807) is 11.0 Å². The van der Waals surface area contributed by atoms with E-state index >= 15 is 0 Å². The number of imidazole rings is 1. The number of fused-ring (bicyclic) bond motifs is 1. The predicted molar refractivity (Wildman–Crippen MR) is 131 cm³/mol. The standard InChI is InChI=1S/C27H29FN4O4/c1-36-14-13-32-24(34)16-27(26(32)35,19-8-2-3-9-20(19)28)15-23(33)31-12-6-7-18(17-31)25-29-21-10-4-5-11-22(21)30-25/h2-5,8-11,18H,6-7,12-17H2,1H3,(H,29,30)/t18-,27-/m0/s1. The molecule has 0 saturated carbocycles. The van der Waals surface area contributed by atoms with Crippen LogP contribution in [0.15, 0.2) is 48.5 Å². The molecule has 2 aromatic carbocycles. The van der Waals surface area contributed by atoms with Crippen LogP contribution < -0.4 is 0 Å². The van der Waals surface area contributed by atoms with E-state index in [9.17, 15) is 18.8 Å². The second-order valence-corrected chi connectivity index (χ2v) is 9.58. The van der Waals surface area contributed by atoms with Crippen molar-refractivity contribution in [3.8, 4) is 0 Å². The monoisotopic (exact) mass is 492 g/mol. The molecule has 0 spiro atoms. The van der Waals surface area contributed by atoms with Crippen molar-refractivity contribution in [1.82, 2.24) is 19.8 Å². The number of hydrogen-bond donors (Lipinski definition) is 1. The Hall–Kier alpha value is -3.59. The van der Waals surface area contributed by atoms with Gasteiger partial charge < -0.3 is 14.6 Å². The fraction of sp³-hybridized carbons (Fsp3) is 0.407. The highest BCUT2D eigenvalue weighted by atomic mass is 19.1. The number of nitrogens with zero attached hydrogens (tertiary/aromatic N) is 3. The highest BCUT2D eigenvalue weighted by Gasteiger charge is 2.55. The lowest BCUT2D eigenvalue weighted by atomic mass is 9.75. The quantitative estimate of drug-likeness (QED) is 0.512. The fourth-order valence-electron chi connectivity index (χ4n) is 5.47. The minimum absolute atomic E-state index is 0.0265. The molecule has 2 aliphatic heterocycles. The molecular weight excluding hydrogens is 463 g/mol. The zero-order valence-electron chi connectivity index (χ0n) is 20.2. The normalized spacial score (nSPS) is 22.6. The number of carbonyl (C=O) groups excluding carboxylic acids is 3. The van der Waals surface area contributed by atoms with Gasteiger partial charge in [-0.15, -0.1) is 0 Å². The Morgan fingerprint density at radius 3 is 2.75 bits per heavy atom. The Bertz CT molecular complexity index is 1270. The second-order valence-electron chi connectivity index (χ2n) is 9.58. The minimum Gasteiger partial charge on any atom is -0.383 e. The molecule has 0 radical (unpaired) electrons. The van der Waals surface area contributed by atoms with E-state index in [1.807, 2.05) is 24.3 Å².